The Morgan fingerprint density at radius 3 is 2.60 bits per heavy atom. The van der Waals surface area contributed by atoms with Crippen LogP contribution in [0.1, 0.15) is 32.6 Å². The van der Waals surface area contributed by atoms with Crippen molar-refractivity contribution in [2.24, 2.45) is 4.40 Å². The monoisotopic (exact) mass is 308 g/mol. The lowest BCUT2D eigenvalue weighted by Gasteiger charge is -2.18. The molecule has 1 aromatic heterocycles. The van der Waals surface area contributed by atoms with E-state index in [2.05, 4.69) is 25.3 Å². The molecule has 1 unspecified atom stereocenters. The summed E-state index contributed by atoms with van der Waals surface area (Å²) in [4.78, 5) is 5.01. The van der Waals surface area contributed by atoms with Gasteiger partial charge < -0.3 is 4.55 Å². The predicted molar refractivity (Wildman–Crippen MR) is 69.9 cm³/mol. The van der Waals surface area contributed by atoms with E-state index in [9.17, 15) is 4.55 Å². The van der Waals surface area contributed by atoms with Gasteiger partial charge in [-0.15, -0.1) is 11.3 Å². The van der Waals surface area contributed by atoms with Crippen LogP contribution < -0.4 is 0 Å². The Balaban J connectivity index is 2.85. The Hall–Kier alpha value is 0.0900. The molecule has 0 fully saturated rings. The van der Waals surface area contributed by atoms with Crippen LogP contribution in [-0.4, -0.2) is 20.0 Å². The van der Waals surface area contributed by atoms with Crippen molar-refractivity contribution in [1.82, 2.24) is 4.98 Å². The van der Waals surface area contributed by atoms with E-state index >= 15 is 0 Å². The molecule has 0 aliphatic carbocycles. The van der Waals surface area contributed by atoms with Crippen molar-refractivity contribution in [3.63, 3.8) is 0 Å². The molecular formula is C9H13BrN2OS2. The van der Waals surface area contributed by atoms with E-state index < -0.39 is 11.4 Å². The molecule has 0 saturated heterocycles. The molecule has 6 heteroatoms. The van der Waals surface area contributed by atoms with E-state index in [4.69, 9.17) is 0 Å². The van der Waals surface area contributed by atoms with Crippen molar-refractivity contribution in [2.75, 3.05) is 0 Å². The quantitative estimate of drug-likeness (QED) is 0.622. The first kappa shape index (κ1) is 13.2. The SMILES string of the molecule is C/C(=N\[S+]([O-])C(C)(C)C)c1cnc(Br)s1. The highest BCUT2D eigenvalue weighted by Crippen LogP contribution is 2.22. The molecule has 3 nitrogen and oxygen atoms in total. The highest BCUT2D eigenvalue weighted by molar-refractivity contribution is 9.11. The molecule has 0 aliphatic rings. The molecule has 84 valence electrons. The molecule has 1 aromatic rings. The molecule has 1 atom stereocenters. The number of hydrogen-bond donors (Lipinski definition) is 0. The van der Waals surface area contributed by atoms with Gasteiger partial charge in [-0.25, -0.2) is 4.98 Å². The van der Waals surface area contributed by atoms with Crippen molar-refractivity contribution in [2.45, 2.75) is 32.4 Å². The van der Waals surface area contributed by atoms with E-state index in [1.165, 1.54) is 11.3 Å². The molecule has 0 amide bonds. The predicted octanol–water partition coefficient (Wildman–Crippen LogP) is 3.18. The summed E-state index contributed by atoms with van der Waals surface area (Å²) < 4.78 is 16.4. The maximum atomic E-state index is 11.8. The van der Waals surface area contributed by atoms with Crippen LogP contribution >= 0.6 is 27.3 Å². The zero-order chi connectivity index (χ0) is 11.6. The van der Waals surface area contributed by atoms with Gasteiger partial charge in [0.15, 0.2) is 3.92 Å². The van der Waals surface area contributed by atoms with Gasteiger partial charge in [0.05, 0.1) is 4.88 Å². The van der Waals surface area contributed by atoms with Crippen LogP contribution in [0.5, 0.6) is 0 Å². The average Bonchev–Trinajstić information content (AvgIpc) is 2.50. The number of thiazole rings is 1. The minimum Gasteiger partial charge on any atom is -0.591 e. The maximum Gasteiger partial charge on any atom is 0.159 e. The minimum atomic E-state index is -1.21. The highest BCUT2D eigenvalue weighted by atomic mass is 79.9. The van der Waals surface area contributed by atoms with Gasteiger partial charge in [-0.05, 0) is 43.6 Å². The molecule has 0 spiro atoms. The molecule has 0 saturated carbocycles. The van der Waals surface area contributed by atoms with Gasteiger partial charge in [0.25, 0.3) is 0 Å². The van der Waals surface area contributed by atoms with Crippen molar-refractivity contribution >= 4 is 44.3 Å². The van der Waals surface area contributed by atoms with Gasteiger partial charge in [-0.3, -0.25) is 0 Å². The summed E-state index contributed by atoms with van der Waals surface area (Å²) in [6.45, 7) is 7.57. The van der Waals surface area contributed by atoms with Gasteiger partial charge in [0.2, 0.25) is 0 Å². The van der Waals surface area contributed by atoms with Gasteiger partial charge in [0, 0.05) is 6.20 Å². The molecule has 0 N–H and O–H groups in total. The summed E-state index contributed by atoms with van der Waals surface area (Å²) in [7, 11) is 0. The van der Waals surface area contributed by atoms with E-state index in [1.54, 1.807) is 6.20 Å². The van der Waals surface area contributed by atoms with Crippen LogP contribution in [0.2, 0.25) is 0 Å². The summed E-state index contributed by atoms with van der Waals surface area (Å²) in [5.41, 5.74) is 0.770. The Morgan fingerprint density at radius 1 is 1.60 bits per heavy atom. The lowest BCUT2D eigenvalue weighted by Crippen LogP contribution is -2.26. The topological polar surface area (TPSA) is 48.3 Å². The number of aromatic nitrogens is 1. The zero-order valence-electron chi connectivity index (χ0n) is 9.07. The zero-order valence-corrected chi connectivity index (χ0v) is 12.3. The van der Waals surface area contributed by atoms with E-state index in [0.29, 0.717) is 0 Å². The fourth-order valence-electron chi connectivity index (χ4n) is 0.726. The van der Waals surface area contributed by atoms with Crippen LogP contribution in [0, 0.1) is 0 Å². The van der Waals surface area contributed by atoms with Gasteiger partial charge >= 0.3 is 0 Å². The van der Waals surface area contributed by atoms with E-state index in [-0.39, 0.29) is 4.75 Å². The molecule has 0 bridgehead atoms. The second-order valence-electron chi connectivity index (χ2n) is 4.02. The standard InChI is InChI=1S/C9H13BrN2OS2/c1-6(7-5-11-8(10)14-7)12-15(13)9(2,3)4/h5H,1-4H3/b12-6+. The van der Waals surface area contributed by atoms with Crippen LogP contribution in [0.15, 0.2) is 14.5 Å². The second-order valence-corrected chi connectivity index (χ2v) is 8.23. The van der Waals surface area contributed by atoms with Crippen LogP contribution in [0.3, 0.4) is 0 Å². The molecule has 0 aromatic carbocycles. The summed E-state index contributed by atoms with van der Waals surface area (Å²) in [6, 6.07) is 0. The fourth-order valence-corrected chi connectivity index (χ4v) is 2.62. The Bertz CT molecular complexity index is 370. The number of halogens is 1. The number of hydrogen-bond acceptors (Lipinski definition) is 4. The summed E-state index contributed by atoms with van der Waals surface area (Å²) in [6.07, 6.45) is 1.73. The summed E-state index contributed by atoms with van der Waals surface area (Å²) in [5, 5.41) is 0. The molecule has 1 heterocycles. The largest absolute Gasteiger partial charge is 0.591 e. The Kier molecular flexibility index (Phi) is 4.34. The van der Waals surface area contributed by atoms with E-state index in [0.717, 1.165) is 14.5 Å². The van der Waals surface area contributed by atoms with Gasteiger partial charge in [-0.2, -0.15) is 0 Å². The van der Waals surface area contributed by atoms with Crippen molar-refractivity contribution in [1.29, 1.82) is 0 Å². The average molecular weight is 309 g/mol. The smallest absolute Gasteiger partial charge is 0.159 e. The van der Waals surface area contributed by atoms with Crippen LogP contribution in [-0.2, 0) is 11.4 Å². The lowest BCUT2D eigenvalue weighted by molar-refractivity contribution is 0.561. The lowest BCUT2D eigenvalue weighted by atomic mass is 10.3. The third kappa shape index (κ3) is 3.86. The number of rotatable bonds is 2. The second kappa shape index (κ2) is 4.95. The fraction of sp³-hybridized carbons (Fsp3) is 0.556. The van der Waals surface area contributed by atoms with Crippen molar-refractivity contribution in [3.05, 3.63) is 15.0 Å². The first-order chi connectivity index (χ1) is 6.80. The maximum absolute atomic E-state index is 11.8. The normalized spacial score (nSPS) is 15.5. The summed E-state index contributed by atoms with van der Waals surface area (Å²) in [5.74, 6) is 0. The molecular weight excluding hydrogens is 296 g/mol. The van der Waals surface area contributed by atoms with Gasteiger partial charge in [0.1, 0.15) is 21.8 Å². The first-order valence-corrected chi connectivity index (χ1v) is 7.11. The van der Waals surface area contributed by atoms with E-state index in [1.807, 2.05) is 27.7 Å². The van der Waals surface area contributed by atoms with Crippen molar-refractivity contribution < 1.29 is 4.55 Å². The van der Waals surface area contributed by atoms with Crippen LogP contribution in [0.4, 0.5) is 0 Å². The first-order valence-electron chi connectivity index (χ1n) is 4.39. The Labute approximate surface area is 105 Å². The molecule has 0 radical (unpaired) electrons. The highest BCUT2D eigenvalue weighted by Gasteiger charge is 2.26. The van der Waals surface area contributed by atoms with Crippen molar-refractivity contribution in [3.8, 4) is 0 Å². The molecule has 1 rings (SSSR count). The summed E-state index contributed by atoms with van der Waals surface area (Å²) >= 11 is 3.56. The Morgan fingerprint density at radius 2 is 2.20 bits per heavy atom. The third-order valence-corrected chi connectivity index (χ3v) is 4.65. The van der Waals surface area contributed by atoms with Crippen LogP contribution in [0.25, 0.3) is 0 Å². The molecule has 15 heavy (non-hydrogen) atoms. The number of nitrogens with zero attached hydrogens (tertiary/aromatic N) is 2. The molecule has 0 aliphatic heterocycles. The van der Waals surface area contributed by atoms with Gasteiger partial charge in [-0.1, -0.05) is 4.40 Å². The third-order valence-electron chi connectivity index (χ3n) is 1.58. The minimum absolute atomic E-state index is 0.316.